The molecule has 0 radical (unpaired) electrons. The summed E-state index contributed by atoms with van der Waals surface area (Å²) in [7, 11) is 3.43. The molecule has 22 heavy (non-hydrogen) atoms. The molecular weight excluding hydrogens is 348 g/mol. The molecular formula is C15H23BrN4O2. The Morgan fingerprint density at radius 3 is 2.55 bits per heavy atom. The molecule has 0 atom stereocenters. The zero-order chi connectivity index (χ0) is 16.4. The van der Waals surface area contributed by atoms with Gasteiger partial charge in [-0.15, -0.1) is 0 Å². The van der Waals surface area contributed by atoms with Crippen molar-refractivity contribution < 1.29 is 9.53 Å². The first-order chi connectivity index (χ1) is 10.5. The number of amides is 1. The summed E-state index contributed by atoms with van der Waals surface area (Å²) in [6.45, 7) is 3.93. The predicted octanol–water partition coefficient (Wildman–Crippen LogP) is 1.47. The summed E-state index contributed by atoms with van der Waals surface area (Å²) in [5.41, 5.74) is 0. The number of nitrogens with one attached hydrogen (secondary N) is 2. The number of carbonyl (C=O) groups is 1. The molecule has 0 aliphatic carbocycles. The molecule has 0 fully saturated rings. The van der Waals surface area contributed by atoms with Crippen LogP contribution in [0.1, 0.15) is 6.92 Å². The van der Waals surface area contributed by atoms with Gasteiger partial charge in [-0.05, 0) is 31.2 Å². The molecule has 1 aromatic rings. The molecule has 0 spiro atoms. The number of carbonyl (C=O) groups excluding carboxylic acids is 1. The van der Waals surface area contributed by atoms with E-state index in [1.165, 1.54) is 4.90 Å². The number of ether oxygens (including phenoxy) is 1. The molecule has 0 saturated carbocycles. The third-order valence-corrected chi connectivity index (χ3v) is 3.22. The zero-order valence-corrected chi connectivity index (χ0v) is 14.8. The Morgan fingerprint density at radius 2 is 1.95 bits per heavy atom. The lowest BCUT2D eigenvalue weighted by atomic mass is 10.3. The van der Waals surface area contributed by atoms with Gasteiger partial charge in [0, 0.05) is 25.1 Å². The highest BCUT2D eigenvalue weighted by Crippen LogP contribution is 2.15. The first kappa shape index (κ1) is 18.3. The lowest BCUT2D eigenvalue weighted by molar-refractivity contribution is -0.127. The molecule has 0 aliphatic rings. The molecule has 1 aromatic carbocycles. The Bertz CT molecular complexity index is 489. The summed E-state index contributed by atoms with van der Waals surface area (Å²) in [6, 6.07) is 7.67. The van der Waals surface area contributed by atoms with E-state index < -0.39 is 0 Å². The van der Waals surface area contributed by atoms with E-state index in [-0.39, 0.29) is 12.5 Å². The van der Waals surface area contributed by atoms with Crippen LogP contribution in [0.2, 0.25) is 0 Å². The number of nitrogens with zero attached hydrogens (tertiary/aromatic N) is 2. The summed E-state index contributed by atoms with van der Waals surface area (Å²) in [5.74, 6) is 1.38. The standard InChI is InChI=1S/C15H23BrN4O2/c1-4-17-15(19-11-14(21)20(2)3)18-9-10-22-13-7-5-12(16)6-8-13/h5-8H,4,9-11H2,1-3H3,(H2,17,18,19). The van der Waals surface area contributed by atoms with E-state index in [0.717, 1.165) is 16.8 Å². The molecule has 7 heteroatoms. The van der Waals surface area contributed by atoms with Crippen molar-refractivity contribution in [1.29, 1.82) is 0 Å². The van der Waals surface area contributed by atoms with Gasteiger partial charge in [0.1, 0.15) is 18.9 Å². The molecule has 0 heterocycles. The molecule has 6 nitrogen and oxygen atoms in total. The van der Waals surface area contributed by atoms with Gasteiger partial charge >= 0.3 is 0 Å². The fraction of sp³-hybridized carbons (Fsp3) is 0.467. The van der Waals surface area contributed by atoms with Gasteiger partial charge in [-0.1, -0.05) is 15.9 Å². The number of hydrogen-bond acceptors (Lipinski definition) is 3. The first-order valence-electron chi connectivity index (χ1n) is 7.13. The first-order valence-corrected chi connectivity index (χ1v) is 7.93. The highest BCUT2D eigenvalue weighted by atomic mass is 79.9. The van der Waals surface area contributed by atoms with Gasteiger partial charge in [-0.2, -0.15) is 0 Å². The summed E-state index contributed by atoms with van der Waals surface area (Å²) in [5, 5.41) is 6.22. The maximum absolute atomic E-state index is 11.5. The maximum atomic E-state index is 11.5. The van der Waals surface area contributed by atoms with Crippen LogP contribution in [-0.2, 0) is 4.79 Å². The Labute approximate surface area is 140 Å². The summed E-state index contributed by atoms with van der Waals surface area (Å²) >= 11 is 3.38. The normalized spacial score (nSPS) is 11.0. The van der Waals surface area contributed by atoms with Gasteiger partial charge in [0.15, 0.2) is 5.96 Å². The second-order valence-corrected chi connectivity index (χ2v) is 5.63. The van der Waals surface area contributed by atoms with Crippen molar-refractivity contribution in [3.8, 4) is 5.75 Å². The molecule has 0 bridgehead atoms. The number of guanidine groups is 1. The maximum Gasteiger partial charge on any atom is 0.243 e. The van der Waals surface area contributed by atoms with Gasteiger partial charge in [0.05, 0.1) is 6.54 Å². The second kappa shape index (κ2) is 10.0. The molecule has 1 amide bonds. The molecule has 1 rings (SSSR count). The van der Waals surface area contributed by atoms with Crippen LogP contribution >= 0.6 is 15.9 Å². The smallest absolute Gasteiger partial charge is 0.243 e. The van der Waals surface area contributed by atoms with Gasteiger partial charge in [0.25, 0.3) is 0 Å². The number of likely N-dealkylation sites (N-methyl/N-ethyl adjacent to an activating group) is 1. The number of aliphatic imine (C=N–C) groups is 1. The molecule has 122 valence electrons. The highest BCUT2D eigenvalue weighted by molar-refractivity contribution is 9.10. The number of halogens is 1. The molecule has 0 saturated heterocycles. The van der Waals surface area contributed by atoms with Crippen molar-refractivity contribution in [1.82, 2.24) is 15.5 Å². The topological polar surface area (TPSA) is 66.0 Å². The van der Waals surface area contributed by atoms with E-state index in [2.05, 4.69) is 31.6 Å². The van der Waals surface area contributed by atoms with Crippen LogP contribution in [0.15, 0.2) is 33.7 Å². The molecule has 0 unspecified atom stereocenters. The van der Waals surface area contributed by atoms with E-state index in [9.17, 15) is 4.79 Å². The largest absolute Gasteiger partial charge is 0.492 e. The number of rotatable bonds is 7. The monoisotopic (exact) mass is 370 g/mol. The van der Waals surface area contributed by atoms with E-state index in [4.69, 9.17) is 4.74 Å². The SMILES string of the molecule is CCNC(=NCC(=O)N(C)C)NCCOc1ccc(Br)cc1. The zero-order valence-electron chi connectivity index (χ0n) is 13.2. The molecule has 0 aromatic heterocycles. The van der Waals surface area contributed by atoms with Crippen LogP contribution in [0.5, 0.6) is 5.75 Å². The van der Waals surface area contributed by atoms with Gasteiger partial charge in [0.2, 0.25) is 5.91 Å². The van der Waals surface area contributed by atoms with Crippen LogP contribution in [0.25, 0.3) is 0 Å². The molecule has 0 aliphatic heterocycles. The van der Waals surface area contributed by atoms with E-state index in [1.807, 2.05) is 31.2 Å². The summed E-state index contributed by atoms with van der Waals surface area (Å²) in [6.07, 6.45) is 0. The minimum absolute atomic E-state index is 0.0386. The van der Waals surface area contributed by atoms with Gasteiger partial charge in [-0.25, -0.2) is 4.99 Å². The van der Waals surface area contributed by atoms with Crippen molar-refractivity contribution in [3.63, 3.8) is 0 Å². The quantitative estimate of drug-likeness (QED) is 0.433. The molecule has 2 N–H and O–H groups in total. The summed E-state index contributed by atoms with van der Waals surface area (Å²) in [4.78, 5) is 17.3. The van der Waals surface area contributed by atoms with Crippen molar-refractivity contribution in [3.05, 3.63) is 28.7 Å². The lowest BCUT2D eigenvalue weighted by Crippen LogP contribution is -2.40. The third kappa shape index (κ3) is 7.31. The van der Waals surface area contributed by atoms with Crippen molar-refractivity contribution >= 4 is 27.8 Å². The highest BCUT2D eigenvalue weighted by Gasteiger charge is 2.03. The Kier molecular flexibility index (Phi) is 8.35. The van der Waals surface area contributed by atoms with Crippen LogP contribution < -0.4 is 15.4 Å². The Hall–Kier alpha value is -1.76. The van der Waals surface area contributed by atoms with Crippen LogP contribution in [0.3, 0.4) is 0 Å². The average Bonchev–Trinajstić information content (AvgIpc) is 2.50. The minimum atomic E-state index is -0.0386. The third-order valence-electron chi connectivity index (χ3n) is 2.69. The van der Waals surface area contributed by atoms with Crippen LogP contribution in [-0.4, -0.2) is 57.1 Å². The van der Waals surface area contributed by atoms with Crippen molar-refractivity contribution in [2.45, 2.75) is 6.92 Å². The van der Waals surface area contributed by atoms with Crippen molar-refractivity contribution in [2.24, 2.45) is 4.99 Å². The fourth-order valence-corrected chi connectivity index (χ4v) is 1.76. The predicted molar refractivity (Wildman–Crippen MR) is 92.3 cm³/mol. The van der Waals surface area contributed by atoms with Gasteiger partial charge in [-0.3, -0.25) is 4.79 Å². The Balaban J connectivity index is 2.36. The number of benzene rings is 1. The minimum Gasteiger partial charge on any atom is -0.492 e. The van der Waals surface area contributed by atoms with E-state index in [0.29, 0.717) is 19.1 Å². The van der Waals surface area contributed by atoms with Crippen LogP contribution in [0.4, 0.5) is 0 Å². The number of hydrogen-bond donors (Lipinski definition) is 2. The van der Waals surface area contributed by atoms with Crippen molar-refractivity contribution in [2.75, 3.05) is 40.3 Å². The second-order valence-electron chi connectivity index (χ2n) is 4.71. The average molecular weight is 371 g/mol. The van der Waals surface area contributed by atoms with E-state index in [1.54, 1.807) is 14.1 Å². The fourth-order valence-electron chi connectivity index (χ4n) is 1.50. The Morgan fingerprint density at radius 1 is 1.27 bits per heavy atom. The lowest BCUT2D eigenvalue weighted by Gasteiger charge is -2.13. The van der Waals surface area contributed by atoms with E-state index >= 15 is 0 Å². The van der Waals surface area contributed by atoms with Gasteiger partial charge < -0.3 is 20.3 Å². The van der Waals surface area contributed by atoms with Crippen LogP contribution in [0, 0.1) is 0 Å². The summed E-state index contributed by atoms with van der Waals surface area (Å²) < 4.78 is 6.63.